The van der Waals surface area contributed by atoms with Crippen LogP contribution in [-0.2, 0) is 6.42 Å². The first-order chi connectivity index (χ1) is 10.3. The predicted octanol–water partition coefficient (Wildman–Crippen LogP) is 4.00. The molecule has 1 heterocycles. The smallest absolute Gasteiger partial charge is 0.0387 e. The predicted molar refractivity (Wildman–Crippen MR) is 91.0 cm³/mol. The number of nitrogens with one attached hydrogen (secondary N) is 1. The number of anilines is 1. The summed E-state index contributed by atoms with van der Waals surface area (Å²) in [6.45, 7) is 6.89. The van der Waals surface area contributed by atoms with Gasteiger partial charge in [-0.15, -0.1) is 0 Å². The van der Waals surface area contributed by atoms with Gasteiger partial charge in [0.25, 0.3) is 0 Å². The zero-order valence-corrected chi connectivity index (χ0v) is 13.6. The standard InChI is InChI=1S/C19H30N2/c1-3-16-8-7-11-18(12-16)21-14-19(20-13-15(21)2)17-9-5-4-6-10-17/h7-8,11-12,15,17,19-20H,3-6,9-10,13-14H2,1-2H3. The molecule has 2 fully saturated rings. The Morgan fingerprint density at radius 1 is 1.19 bits per heavy atom. The van der Waals surface area contributed by atoms with Crippen LogP contribution < -0.4 is 10.2 Å². The van der Waals surface area contributed by atoms with Crippen molar-refractivity contribution in [3.8, 4) is 0 Å². The Bertz CT molecular complexity index is 451. The van der Waals surface area contributed by atoms with Crippen LogP contribution in [0.5, 0.6) is 0 Å². The van der Waals surface area contributed by atoms with Crippen LogP contribution in [0, 0.1) is 5.92 Å². The quantitative estimate of drug-likeness (QED) is 0.903. The highest BCUT2D eigenvalue weighted by Gasteiger charge is 2.31. The van der Waals surface area contributed by atoms with Crippen molar-refractivity contribution in [1.82, 2.24) is 5.32 Å². The fourth-order valence-electron chi connectivity index (χ4n) is 4.06. The summed E-state index contributed by atoms with van der Waals surface area (Å²) in [5, 5.41) is 3.83. The highest BCUT2D eigenvalue weighted by Crippen LogP contribution is 2.30. The minimum atomic E-state index is 0.594. The van der Waals surface area contributed by atoms with Crippen LogP contribution >= 0.6 is 0 Å². The SMILES string of the molecule is CCc1cccc(N2CC(C3CCCCC3)NCC2C)c1. The highest BCUT2D eigenvalue weighted by molar-refractivity contribution is 5.50. The topological polar surface area (TPSA) is 15.3 Å². The summed E-state index contributed by atoms with van der Waals surface area (Å²) in [7, 11) is 0. The van der Waals surface area contributed by atoms with E-state index in [0.29, 0.717) is 12.1 Å². The van der Waals surface area contributed by atoms with Gasteiger partial charge in [0.1, 0.15) is 0 Å². The van der Waals surface area contributed by atoms with Gasteiger partial charge in [0.2, 0.25) is 0 Å². The second kappa shape index (κ2) is 6.83. The van der Waals surface area contributed by atoms with E-state index in [2.05, 4.69) is 48.3 Å². The maximum absolute atomic E-state index is 3.83. The number of hydrogen-bond acceptors (Lipinski definition) is 2. The number of hydrogen-bond donors (Lipinski definition) is 1. The second-order valence-electron chi connectivity index (χ2n) is 6.94. The third-order valence-corrected chi connectivity index (χ3v) is 5.47. The van der Waals surface area contributed by atoms with Crippen molar-refractivity contribution in [2.45, 2.75) is 64.5 Å². The third kappa shape index (κ3) is 3.42. The van der Waals surface area contributed by atoms with Crippen LogP contribution in [0.4, 0.5) is 5.69 Å². The van der Waals surface area contributed by atoms with E-state index in [9.17, 15) is 0 Å². The molecule has 2 nitrogen and oxygen atoms in total. The minimum absolute atomic E-state index is 0.594. The van der Waals surface area contributed by atoms with Crippen LogP contribution in [0.3, 0.4) is 0 Å². The van der Waals surface area contributed by atoms with Crippen molar-refractivity contribution in [3.63, 3.8) is 0 Å². The van der Waals surface area contributed by atoms with Crippen LogP contribution in [-0.4, -0.2) is 25.2 Å². The van der Waals surface area contributed by atoms with E-state index in [-0.39, 0.29) is 0 Å². The summed E-state index contributed by atoms with van der Waals surface area (Å²) < 4.78 is 0. The van der Waals surface area contributed by atoms with Gasteiger partial charge < -0.3 is 10.2 Å². The molecule has 2 aliphatic rings. The molecule has 3 rings (SSSR count). The summed E-state index contributed by atoms with van der Waals surface area (Å²) in [6, 6.07) is 10.4. The summed E-state index contributed by atoms with van der Waals surface area (Å²) in [5.74, 6) is 0.892. The van der Waals surface area contributed by atoms with Gasteiger partial charge in [-0.05, 0) is 49.8 Å². The average Bonchev–Trinajstić information content (AvgIpc) is 2.56. The van der Waals surface area contributed by atoms with Crippen molar-refractivity contribution < 1.29 is 0 Å². The molecule has 1 saturated heterocycles. The Labute approximate surface area is 129 Å². The molecular weight excluding hydrogens is 256 g/mol. The summed E-state index contributed by atoms with van der Waals surface area (Å²) in [5.41, 5.74) is 2.87. The fourth-order valence-corrected chi connectivity index (χ4v) is 4.06. The number of rotatable bonds is 3. The van der Waals surface area contributed by atoms with Crippen LogP contribution in [0.1, 0.15) is 51.5 Å². The summed E-state index contributed by atoms with van der Waals surface area (Å²) >= 11 is 0. The number of aryl methyl sites for hydroxylation is 1. The van der Waals surface area contributed by atoms with Crippen molar-refractivity contribution in [1.29, 1.82) is 0 Å². The molecule has 1 aromatic rings. The van der Waals surface area contributed by atoms with Crippen molar-refractivity contribution >= 4 is 5.69 Å². The lowest BCUT2D eigenvalue weighted by atomic mass is 9.82. The molecule has 0 aromatic heterocycles. The van der Waals surface area contributed by atoms with E-state index in [1.165, 1.54) is 49.9 Å². The van der Waals surface area contributed by atoms with Gasteiger partial charge >= 0.3 is 0 Å². The van der Waals surface area contributed by atoms with E-state index >= 15 is 0 Å². The third-order valence-electron chi connectivity index (χ3n) is 5.47. The molecule has 1 aromatic carbocycles. The molecule has 0 amide bonds. The summed E-state index contributed by atoms with van der Waals surface area (Å²) in [6.07, 6.45) is 8.29. The lowest BCUT2D eigenvalue weighted by Gasteiger charge is -2.44. The molecule has 0 spiro atoms. The van der Waals surface area contributed by atoms with Gasteiger partial charge in [0.05, 0.1) is 0 Å². The van der Waals surface area contributed by atoms with E-state index < -0.39 is 0 Å². The molecule has 2 unspecified atom stereocenters. The second-order valence-corrected chi connectivity index (χ2v) is 6.94. The van der Waals surface area contributed by atoms with E-state index in [1.807, 2.05) is 0 Å². The normalized spacial score (nSPS) is 27.8. The molecular formula is C19H30N2. The molecule has 1 saturated carbocycles. The number of benzene rings is 1. The highest BCUT2D eigenvalue weighted by atomic mass is 15.2. The minimum Gasteiger partial charge on any atom is -0.366 e. The zero-order valence-electron chi connectivity index (χ0n) is 13.6. The Balaban J connectivity index is 1.73. The number of nitrogens with zero attached hydrogens (tertiary/aromatic N) is 1. The molecule has 1 aliphatic heterocycles. The first-order valence-electron chi connectivity index (χ1n) is 8.87. The van der Waals surface area contributed by atoms with Crippen LogP contribution in [0.15, 0.2) is 24.3 Å². The maximum Gasteiger partial charge on any atom is 0.0387 e. The molecule has 21 heavy (non-hydrogen) atoms. The van der Waals surface area contributed by atoms with E-state index in [4.69, 9.17) is 0 Å². The van der Waals surface area contributed by atoms with Gasteiger partial charge in [-0.1, -0.05) is 38.3 Å². The lowest BCUT2D eigenvalue weighted by molar-refractivity contribution is 0.245. The first kappa shape index (κ1) is 14.9. The van der Waals surface area contributed by atoms with Gasteiger partial charge in [0, 0.05) is 30.9 Å². The largest absolute Gasteiger partial charge is 0.366 e. The van der Waals surface area contributed by atoms with Crippen molar-refractivity contribution in [2.24, 2.45) is 5.92 Å². The van der Waals surface area contributed by atoms with Crippen molar-refractivity contribution in [3.05, 3.63) is 29.8 Å². The molecule has 2 heteroatoms. The lowest BCUT2D eigenvalue weighted by Crippen LogP contribution is -2.58. The monoisotopic (exact) mass is 286 g/mol. The molecule has 116 valence electrons. The van der Waals surface area contributed by atoms with Gasteiger partial charge in [-0.3, -0.25) is 0 Å². The van der Waals surface area contributed by atoms with Crippen molar-refractivity contribution in [2.75, 3.05) is 18.0 Å². The average molecular weight is 286 g/mol. The Morgan fingerprint density at radius 3 is 2.76 bits per heavy atom. The Hall–Kier alpha value is -1.02. The van der Waals surface area contributed by atoms with E-state index in [1.54, 1.807) is 0 Å². The molecule has 1 aliphatic carbocycles. The fraction of sp³-hybridized carbons (Fsp3) is 0.684. The van der Waals surface area contributed by atoms with Gasteiger partial charge in [-0.25, -0.2) is 0 Å². The molecule has 0 bridgehead atoms. The Kier molecular flexibility index (Phi) is 4.84. The first-order valence-corrected chi connectivity index (χ1v) is 8.87. The van der Waals surface area contributed by atoms with Gasteiger partial charge in [-0.2, -0.15) is 0 Å². The Morgan fingerprint density at radius 2 is 2.00 bits per heavy atom. The molecule has 2 atom stereocenters. The van der Waals surface area contributed by atoms with Crippen LogP contribution in [0.2, 0.25) is 0 Å². The van der Waals surface area contributed by atoms with Crippen LogP contribution in [0.25, 0.3) is 0 Å². The molecule has 0 radical (unpaired) electrons. The van der Waals surface area contributed by atoms with Gasteiger partial charge in [0.15, 0.2) is 0 Å². The maximum atomic E-state index is 3.83. The molecule has 1 N–H and O–H groups in total. The number of piperazine rings is 1. The summed E-state index contributed by atoms with van der Waals surface area (Å²) in [4.78, 5) is 2.63. The zero-order chi connectivity index (χ0) is 14.7. The van der Waals surface area contributed by atoms with E-state index in [0.717, 1.165) is 18.9 Å².